The van der Waals surface area contributed by atoms with E-state index in [1.54, 1.807) is 4.74 Å². The third-order valence-corrected chi connectivity index (χ3v) is 2.44. The van der Waals surface area contributed by atoms with Gasteiger partial charge in [-0.2, -0.15) is 0 Å². The van der Waals surface area contributed by atoms with Gasteiger partial charge in [0, 0.05) is 0 Å². The molecule has 0 aliphatic heterocycles. The number of benzene rings is 1. The molecular formula is C12H16NO+. The minimum Gasteiger partial charge on any atom is -0.237 e. The smallest absolute Gasteiger partial charge is 0.227 e. The van der Waals surface area contributed by atoms with Crippen LogP contribution >= 0.6 is 0 Å². The molecule has 0 bridgehead atoms. The quantitative estimate of drug-likeness (QED) is 0.583. The van der Waals surface area contributed by atoms with Crippen LogP contribution in [0.4, 0.5) is 0 Å². The van der Waals surface area contributed by atoms with Crippen LogP contribution in [0.5, 0.6) is 0 Å². The molecule has 0 saturated carbocycles. The van der Waals surface area contributed by atoms with Gasteiger partial charge in [-0.25, -0.2) is 4.52 Å². The lowest BCUT2D eigenvalue weighted by Gasteiger charge is -2.17. The average molecular weight is 190 g/mol. The van der Waals surface area contributed by atoms with Crippen LogP contribution in [0.1, 0.15) is 26.3 Å². The molecule has 1 aromatic carbocycles. The van der Waals surface area contributed by atoms with Gasteiger partial charge >= 0.3 is 0 Å². The first-order valence-corrected chi connectivity index (χ1v) is 4.87. The van der Waals surface area contributed by atoms with E-state index in [1.165, 1.54) is 5.56 Å². The fourth-order valence-electron chi connectivity index (χ4n) is 1.56. The Morgan fingerprint density at radius 3 is 2.57 bits per heavy atom. The molecule has 0 unspecified atom stereocenters. The van der Waals surface area contributed by atoms with Crippen molar-refractivity contribution in [1.29, 1.82) is 0 Å². The van der Waals surface area contributed by atoms with Gasteiger partial charge < -0.3 is 0 Å². The van der Waals surface area contributed by atoms with E-state index in [1.807, 2.05) is 13.2 Å². The van der Waals surface area contributed by atoms with Gasteiger partial charge in [-0.1, -0.05) is 26.8 Å². The number of rotatable bonds is 0. The zero-order chi connectivity index (χ0) is 10.3. The molecule has 0 fully saturated rings. The summed E-state index contributed by atoms with van der Waals surface area (Å²) in [5, 5.41) is 1.15. The Balaban J connectivity index is 2.62. The van der Waals surface area contributed by atoms with E-state index in [-0.39, 0.29) is 5.41 Å². The average Bonchev–Trinajstić information content (AvgIpc) is 2.41. The van der Waals surface area contributed by atoms with Gasteiger partial charge in [0.15, 0.2) is 7.05 Å². The van der Waals surface area contributed by atoms with Crippen molar-refractivity contribution in [3.05, 3.63) is 30.0 Å². The molecule has 2 heteroatoms. The Labute approximate surface area is 84.1 Å². The molecule has 1 heterocycles. The second-order valence-corrected chi connectivity index (χ2v) is 4.77. The SMILES string of the molecule is C[n+]1cc2ccc(C(C)(C)C)cc2o1. The van der Waals surface area contributed by atoms with Crippen molar-refractivity contribution in [3.8, 4) is 0 Å². The summed E-state index contributed by atoms with van der Waals surface area (Å²) >= 11 is 0. The summed E-state index contributed by atoms with van der Waals surface area (Å²) in [6.45, 7) is 6.62. The van der Waals surface area contributed by atoms with Crippen molar-refractivity contribution in [2.75, 3.05) is 0 Å². The molecule has 0 spiro atoms. The van der Waals surface area contributed by atoms with Crippen LogP contribution in [0.15, 0.2) is 28.9 Å². The molecule has 0 N–H and O–H groups in total. The zero-order valence-corrected chi connectivity index (χ0v) is 9.16. The van der Waals surface area contributed by atoms with E-state index >= 15 is 0 Å². The van der Waals surface area contributed by atoms with Crippen LogP contribution in [-0.4, -0.2) is 0 Å². The van der Waals surface area contributed by atoms with Crippen LogP contribution in [0.3, 0.4) is 0 Å². The Morgan fingerprint density at radius 2 is 1.93 bits per heavy atom. The van der Waals surface area contributed by atoms with E-state index < -0.39 is 0 Å². The number of hydrogen-bond donors (Lipinski definition) is 0. The Kier molecular flexibility index (Phi) is 1.88. The first-order valence-electron chi connectivity index (χ1n) is 4.87. The molecule has 0 atom stereocenters. The van der Waals surface area contributed by atoms with Crippen molar-refractivity contribution < 1.29 is 9.26 Å². The largest absolute Gasteiger partial charge is 0.237 e. The molecule has 0 amide bonds. The van der Waals surface area contributed by atoms with Gasteiger partial charge in [-0.05, 0) is 27.9 Å². The highest BCUT2D eigenvalue weighted by atomic mass is 16.5. The lowest BCUT2D eigenvalue weighted by Crippen LogP contribution is -2.22. The highest BCUT2D eigenvalue weighted by Crippen LogP contribution is 2.25. The van der Waals surface area contributed by atoms with E-state index in [0.717, 1.165) is 11.0 Å². The highest BCUT2D eigenvalue weighted by Gasteiger charge is 2.16. The molecular weight excluding hydrogens is 174 g/mol. The summed E-state index contributed by atoms with van der Waals surface area (Å²) in [7, 11) is 1.90. The highest BCUT2D eigenvalue weighted by molar-refractivity contribution is 5.75. The van der Waals surface area contributed by atoms with Crippen molar-refractivity contribution in [2.45, 2.75) is 26.2 Å². The van der Waals surface area contributed by atoms with Gasteiger partial charge in [-0.3, -0.25) is 0 Å². The van der Waals surface area contributed by atoms with Gasteiger partial charge in [0.2, 0.25) is 11.8 Å². The molecule has 0 aliphatic carbocycles. The summed E-state index contributed by atoms with van der Waals surface area (Å²) in [4.78, 5) is 0. The summed E-state index contributed by atoms with van der Waals surface area (Å²) in [5.74, 6) is 0. The number of nitrogens with zero attached hydrogens (tertiary/aromatic N) is 1. The fraction of sp³-hybridized carbons (Fsp3) is 0.417. The molecule has 74 valence electrons. The van der Waals surface area contributed by atoms with E-state index in [9.17, 15) is 0 Å². The Morgan fingerprint density at radius 1 is 1.21 bits per heavy atom. The Bertz CT molecular complexity index is 463. The third-order valence-electron chi connectivity index (χ3n) is 2.44. The molecule has 14 heavy (non-hydrogen) atoms. The molecule has 2 rings (SSSR count). The summed E-state index contributed by atoms with van der Waals surface area (Å²) < 4.78 is 7.25. The van der Waals surface area contributed by atoms with Gasteiger partial charge in [-0.15, -0.1) is 0 Å². The van der Waals surface area contributed by atoms with Crippen LogP contribution < -0.4 is 4.74 Å². The predicted octanol–water partition coefficient (Wildman–Crippen LogP) is 2.55. The van der Waals surface area contributed by atoms with E-state index in [2.05, 4.69) is 39.0 Å². The number of hydrogen-bond acceptors (Lipinski definition) is 1. The van der Waals surface area contributed by atoms with Crippen molar-refractivity contribution in [1.82, 2.24) is 0 Å². The van der Waals surface area contributed by atoms with Crippen LogP contribution in [0, 0.1) is 0 Å². The lowest BCUT2D eigenvalue weighted by molar-refractivity contribution is -0.841. The normalized spacial score (nSPS) is 12.3. The summed E-state index contributed by atoms with van der Waals surface area (Å²) in [6, 6.07) is 6.40. The van der Waals surface area contributed by atoms with Gasteiger partial charge in [0.25, 0.3) is 0 Å². The molecule has 2 aromatic rings. The van der Waals surface area contributed by atoms with E-state index in [0.29, 0.717) is 0 Å². The predicted molar refractivity (Wildman–Crippen MR) is 56.1 cm³/mol. The minimum atomic E-state index is 0.180. The van der Waals surface area contributed by atoms with Gasteiger partial charge in [0.1, 0.15) is 0 Å². The zero-order valence-electron chi connectivity index (χ0n) is 9.16. The topological polar surface area (TPSA) is 17.0 Å². The first kappa shape index (κ1) is 9.25. The third kappa shape index (κ3) is 1.52. The molecule has 0 radical (unpaired) electrons. The van der Waals surface area contributed by atoms with Crippen LogP contribution in [0.2, 0.25) is 0 Å². The number of fused-ring (bicyclic) bond motifs is 1. The number of aromatic nitrogens is 1. The standard InChI is InChI=1S/C12H16NO/c1-12(2,3)10-6-5-9-8-13(4)14-11(9)7-10/h5-8H,1-4H3/q+1. The number of aryl methyl sites for hydroxylation is 1. The van der Waals surface area contributed by atoms with Crippen LogP contribution in [-0.2, 0) is 12.5 Å². The maximum absolute atomic E-state index is 5.52. The second kappa shape index (κ2) is 2.84. The first-order chi connectivity index (χ1) is 6.47. The van der Waals surface area contributed by atoms with Crippen LogP contribution in [0.25, 0.3) is 11.0 Å². The monoisotopic (exact) mass is 190 g/mol. The second-order valence-electron chi connectivity index (χ2n) is 4.77. The molecule has 2 nitrogen and oxygen atoms in total. The lowest BCUT2D eigenvalue weighted by atomic mass is 9.87. The maximum Gasteiger partial charge on any atom is 0.227 e. The van der Waals surface area contributed by atoms with Crippen molar-refractivity contribution in [3.63, 3.8) is 0 Å². The molecule has 0 aliphatic rings. The molecule has 0 saturated heterocycles. The minimum absolute atomic E-state index is 0.180. The summed E-state index contributed by atoms with van der Waals surface area (Å²) in [6.07, 6.45) is 1.99. The Hall–Kier alpha value is -1.31. The van der Waals surface area contributed by atoms with E-state index in [4.69, 9.17) is 4.52 Å². The fourth-order valence-corrected chi connectivity index (χ4v) is 1.56. The maximum atomic E-state index is 5.52. The van der Waals surface area contributed by atoms with Crippen molar-refractivity contribution in [2.24, 2.45) is 7.05 Å². The molecule has 1 aromatic heterocycles. The van der Waals surface area contributed by atoms with Gasteiger partial charge in [0.05, 0.1) is 5.39 Å². The summed E-state index contributed by atoms with van der Waals surface area (Å²) in [5.41, 5.74) is 2.44. The van der Waals surface area contributed by atoms with Crippen molar-refractivity contribution >= 4 is 11.0 Å².